The van der Waals surface area contributed by atoms with Crippen molar-refractivity contribution < 1.29 is 51.9 Å². The largest absolute Gasteiger partial charge is 0.292 e. The van der Waals surface area contributed by atoms with E-state index in [1.807, 2.05) is 0 Å². The van der Waals surface area contributed by atoms with E-state index in [0.29, 0.717) is 12.1 Å². The maximum atomic E-state index is 11.8. The molecule has 0 atom stereocenters. The summed E-state index contributed by atoms with van der Waals surface area (Å²) in [5.41, 5.74) is -2.31. The Morgan fingerprint density at radius 3 is 1.04 bits per heavy atom. The maximum Gasteiger partial charge on any atom is 0.292 e. The fourth-order valence-corrected chi connectivity index (χ4v) is 8.75. The molecule has 142 valence electrons. The summed E-state index contributed by atoms with van der Waals surface area (Å²) in [4.78, 5) is 0. The summed E-state index contributed by atoms with van der Waals surface area (Å²) in [6, 6.07) is 3.12. The van der Waals surface area contributed by atoms with Gasteiger partial charge in [-0.05, 0) is 11.1 Å². The van der Waals surface area contributed by atoms with Crippen LogP contribution in [0.25, 0.3) is 0 Å². The maximum absolute atomic E-state index is 11.8. The van der Waals surface area contributed by atoms with Crippen molar-refractivity contribution in [3.05, 3.63) is 35.4 Å². The van der Waals surface area contributed by atoms with Crippen LogP contribution in [0.2, 0.25) is 0 Å². The lowest BCUT2D eigenvalue weighted by Crippen LogP contribution is -2.47. The van der Waals surface area contributed by atoms with Gasteiger partial charge in [-0.3, -0.25) is 18.2 Å². The molecule has 0 spiro atoms. The van der Waals surface area contributed by atoms with Crippen LogP contribution in [0, 0.1) is 0 Å². The van der Waals surface area contributed by atoms with Crippen LogP contribution >= 0.6 is 0 Å². The smallest absolute Gasteiger partial charge is 0.284 e. The average Bonchev–Trinajstić information content (AvgIpc) is 2.69. The van der Waals surface area contributed by atoms with Crippen molar-refractivity contribution in [2.24, 2.45) is 0 Å². The molecule has 1 aliphatic rings. The third-order valence-electron chi connectivity index (χ3n) is 3.88. The number of hydrogen-bond donors (Lipinski definition) is 4. The Kier molecular flexibility index (Phi) is 4.19. The van der Waals surface area contributed by atoms with Crippen molar-refractivity contribution in [2.45, 2.75) is 14.6 Å². The molecule has 1 aliphatic carbocycles. The highest BCUT2D eigenvalue weighted by atomic mass is 32.3. The summed E-state index contributed by atoms with van der Waals surface area (Å²) in [6.45, 7) is 0. The van der Waals surface area contributed by atoms with Crippen LogP contribution in [0.4, 0.5) is 0 Å². The number of benzene rings is 1. The molecule has 2 rings (SSSR count). The van der Waals surface area contributed by atoms with Crippen LogP contribution in [0.1, 0.15) is 17.5 Å². The molecular formula is C9H10O12S4. The standard InChI is InChI=1S/C9H10O12S4/c10-22(11,12)8(23(13,14)15)5-9(24(16,17)18,25(19,20)21)7-4-2-1-3-6(7)8/h1-4H,5H2,(H,10,11,12)(H,13,14,15)(H,16,17,18)(H,19,20,21). The summed E-state index contributed by atoms with van der Waals surface area (Å²) < 4.78 is 124. The topological polar surface area (TPSA) is 217 Å². The van der Waals surface area contributed by atoms with Gasteiger partial charge in [0.05, 0.1) is 0 Å². The fourth-order valence-electron chi connectivity index (χ4n) is 2.83. The molecule has 1 aromatic rings. The minimum Gasteiger partial charge on any atom is -0.284 e. The molecule has 4 N–H and O–H groups in total. The van der Waals surface area contributed by atoms with E-state index in [2.05, 4.69) is 0 Å². The van der Waals surface area contributed by atoms with Crippen LogP contribution in [-0.4, -0.2) is 51.9 Å². The Labute approximate surface area is 142 Å². The zero-order valence-corrected chi connectivity index (χ0v) is 15.0. The van der Waals surface area contributed by atoms with Gasteiger partial charge in [0.1, 0.15) is 0 Å². The first-order chi connectivity index (χ1) is 10.9. The van der Waals surface area contributed by atoms with Crippen molar-refractivity contribution in [3.8, 4) is 0 Å². The van der Waals surface area contributed by atoms with Gasteiger partial charge < -0.3 is 0 Å². The molecule has 25 heavy (non-hydrogen) atoms. The van der Waals surface area contributed by atoms with E-state index in [1.54, 1.807) is 0 Å². The summed E-state index contributed by atoms with van der Waals surface area (Å²) in [5.74, 6) is 0. The van der Waals surface area contributed by atoms with Gasteiger partial charge in [0.15, 0.2) is 0 Å². The number of fused-ring (bicyclic) bond motifs is 1. The third kappa shape index (κ3) is 2.44. The molecule has 0 saturated carbocycles. The van der Waals surface area contributed by atoms with Crippen LogP contribution in [0.15, 0.2) is 24.3 Å². The Balaban J connectivity index is 3.26. The van der Waals surface area contributed by atoms with E-state index in [4.69, 9.17) is 0 Å². The summed E-state index contributed by atoms with van der Waals surface area (Å²) in [5, 5.41) is 0. The fraction of sp³-hybridized carbons (Fsp3) is 0.333. The quantitative estimate of drug-likeness (QED) is 0.414. The van der Waals surface area contributed by atoms with Crippen molar-refractivity contribution in [1.82, 2.24) is 0 Å². The Bertz CT molecular complexity index is 1000. The SMILES string of the molecule is O=S(=O)(O)C1(S(=O)(=O)O)CC(S(=O)(=O)O)(S(=O)(=O)O)c2ccccc21. The second-order valence-corrected chi connectivity index (χ2v) is 12.2. The molecule has 0 aromatic heterocycles. The molecule has 0 fully saturated rings. The number of rotatable bonds is 4. The van der Waals surface area contributed by atoms with Gasteiger partial charge in [-0.1, -0.05) is 24.3 Å². The molecule has 0 amide bonds. The Morgan fingerprint density at radius 1 is 0.600 bits per heavy atom. The highest BCUT2D eigenvalue weighted by Gasteiger charge is 2.74. The Hall–Kier alpha value is -1.14. The van der Waals surface area contributed by atoms with Crippen molar-refractivity contribution in [3.63, 3.8) is 0 Å². The molecule has 0 unspecified atom stereocenters. The first kappa shape index (κ1) is 20.2. The van der Waals surface area contributed by atoms with E-state index < -0.39 is 66.2 Å². The molecular weight excluding hydrogens is 428 g/mol. The van der Waals surface area contributed by atoms with Crippen molar-refractivity contribution in [2.75, 3.05) is 0 Å². The lowest BCUT2D eigenvalue weighted by atomic mass is 10.1. The minimum atomic E-state index is -5.92. The molecule has 0 saturated heterocycles. The summed E-state index contributed by atoms with van der Waals surface area (Å²) in [7, 11) is -23.7. The van der Waals surface area contributed by atoms with Gasteiger partial charge in [0, 0.05) is 6.42 Å². The van der Waals surface area contributed by atoms with E-state index >= 15 is 0 Å². The monoisotopic (exact) mass is 438 g/mol. The normalized spacial score (nSPS) is 20.2. The predicted molar refractivity (Wildman–Crippen MR) is 80.6 cm³/mol. The highest BCUT2D eigenvalue weighted by molar-refractivity contribution is 8.06. The van der Waals surface area contributed by atoms with E-state index in [9.17, 15) is 51.9 Å². The Morgan fingerprint density at radius 2 is 0.840 bits per heavy atom. The van der Waals surface area contributed by atoms with E-state index in [1.165, 1.54) is 0 Å². The molecule has 0 heterocycles. The lowest BCUT2D eigenvalue weighted by molar-refractivity contribution is 0.399. The summed E-state index contributed by atoms with van der Waals surface area (Å²) >= 11 is 0. The average molecular weight is 438 g/mol. The van der Waals surface area contributed by atoms with E-state index in [0.717, 1.165) is 12.1 Å². The van der Waals surface area contributed by atoms with E-state index in [-0.39, 0.29) is 0 Å². The number of hydrogen-bond acceptors (Lipinski definition) is 8. The first-order valence-corrected chi connectivity index (χ1v) is 11.7. The minimum absolute atomic E-state index is 0.606. The van der Waals surface area contributed by atoms with Gasteiger partial charge in [0.25, 0.3) is 48.6 Å². The highest BCUT2D eigenvalue weighted by Crippen LogP contribution is 2.58. The van der Waals surface area contributed by atoms with Gasteiger partial charge in [0.2, 0.25) is 0 Å². The zero-order chi connectivity index (χ0) is 19.7. The predicted octanol–water partition coefficient (Wildman–Crippen LogP) is -1.05. The molecule has 0 bridgehead atoms. The third-order valence-corrected chi connectivity index (χ3v) is 11.2. The van der Waals surface area contributed by atoms with Crippen molar-refractivity contribution >= 4 is 40.5 Å². The van der Waals surface area contributed by atoms with Crippen molar-refractivity contribution in [1.29, 1.82) is 0 Å². The zero-order valence-electron chi connectivity index (χ0n) is 11.7. The van der Waals surface area contributed by atoms with Crippen LogP contribution in [-0.2, 0) is 48.6 Å². The second kappa shape index (κ2) is 5.19. The molecule has 0 aliphatic heterocycles. The van der Waals surface area contributed by atoms with Crippen LogP contribution in [0.5, 0.6) is 0 Å². The van der Waals surface area contributed by atoms with Gasteiger partial charge in [-0.15, -0.1) is 0 Å². The van der Waals surface area contributed by atoms with Gasteiger partial charge in [-0.25, -0.2) is 0 Å². The molecule has 12 nitrogen and oxygen atoms in total. The summed E-state index contributed by atoms with van der Waals surface area (Å²) in [6.07, 6.45) is -2.13. The van der Waals surface area contributed by atoms with Gasteiger partial charge in [-0.2, -0.15) is 33.7 Å². The van der Waals surface area contributed by atoms with Crippen LogP contribution < -0.4 is 0 Å². The first-order valence-electron chi connectivity index (χ1n) is 5.91. The molecule has 1 aromatic carbocycles. The lowest BCUT2D eigenvalue weighted by Gasteiger charge is -2.26. The van der Waals surface area contributed by atoms with Gasteiger partial charge >= 0.3 is 0 Å². The second-order valence-electron chi connectivity index (χ2n) is 5.13. The molecule has 16 heteroatoms. The molecule has 0 radical (unpaired) electrons. The van der Waals surface area contributed by atoms with Crippen LogP contribution in [0.3, 0.4) is 0 Å².